The van der Waals surface area contributed by atoms with Crippen LogP contribution in [0.5, 0.6) is 0 Å². The van der Waals surface area contributed by atoms with Crippen LogP contribution in [0.4, 0.5) is 11.9 Å². The minimum atomic E-state index is 0.440. The van der Waals surface area contributed by atoms with Crippen LogP contribution in [0.1, 0.15) is 11.1 Å². The summed E-state index contributed by atoms with van der Waals surface area (Å²) in [6.07, 6.45) is 0. The Hall–Kier alpha value is -2.04. The van der Waals surface area contributed by atoms with Crippen LogP contribution in [0.25, 0.3) is 0 Å². The summed E-state index contributed by atoms with van der Waals surface area (Å²) in [7, 11) is 3.79. The van der Waals surface area contributed by atoms with Crippen molar-refractivity contribution >= 4 is 11.9 Å². The Balaban J connectivity index is 2.24. The standard InChI is InChI=1S/C12H17N5/c1-9-5-4-6-10(7-9)8-17-11(13)14-12(15-17)16(2)3/h4-7H,8H2,1-3H3,(H2,13,14,15). The summed E-state index contributed by atoms with van der Waals surface area (Å²) in [4.78, 5) is 6.02. The second-order valence-electron chi connectivity index (χ2n) is 4.31. The second-order valence-corrected chi connectivity index (χ2v) is 4.31. The zero-order valence-electron chi connectivity index (χ0n) is 10.4. The number of aryl methyl sites for hydroxylation is 1. The number of nitrogens with zero attached hydrogens (tertiary/aromatic N) is 4. The van der Waals surface area contributed by atoms with Crippen LogP contribution in [0.15, 0.2) is 24.3 Å². The molecular weight excluding hydrogens is 214 g/mol. The molecule has 5 nitrogen and oxygen atoms in total. The van der Waals surface area contributed by atoms with Gasteiger partial charge in [0.1, 0.15) is 0 Å². The molecular formula is C12H17N5. The van der Waals surface area contributed by atoms with Gasteiger partial charge in [0.25, 0.3) is 0 Å². The van der Waals surface area contributed by atoms with Crippen LogP contribution in [0.2, 0.25) is 0 Å². The number of anilines is 2. The molecule has 17 heavy (non-hydrogen) atoms. The van der Waals surface area contributed by atoms with Gasteiger partial charge in [0.2, 0.25) is 11.9 Å². The Bertz CT molecular complexity index is 515. The summed E-state index contributed by atoms with van der Waals surface area (Å²) in [6, 6.07) is 8.28. The van der Waals surface area contributed by atoms with E-state index >= 15 is 0 Å². The number of nitrogens with two attached hydrogens (primary N) is 1. The molecule has 0 aliphatic heterocycles. The maximum absolute atomic E-state index is 5.83. The van der Waals surface area contributed by atoms with E-state index in [-0.39, 0.29) is 0 Å². The Morgan fingerprint density at radius 2 is 2.12 bits per heavy atom. The van der Waals surface area contributed by atoms with E-state index in [0.717, 1.165) is 0 Å². The van der Waals surface area contributed by atoms with Gasteiger partial charge in [0, 0.05) is 14.1 Å². The van der Waals surface area contributed by atoms with E-state index in [2.05, 4.69) is 35.2 Å². The summed E-state index contributed by atoms with van der Waals surface area (Å²) in [5.41, 5.74) is 8.23. The predicted molar refractivity (Wildman–Crippen MR) is 69.0 cm³/mol. The van der Waals surface area contributed by atoms with Crippen molar-refractivity contribution in [3.8, 4) is 0 Å². The largest absolute Gasteiger partial charge is 0.368 e. The fourth-order valence-corrected chi connectivity index (χ4v) is 1.63. The molecule has 1 aromatic carbocycles. The molecule has 0 atom stereocenters. The molecule has 0 saturated carbocycles. The molecule has 1 heterocycles. The van der Waals surface area contributed by atoms with Crippen LogP contribution in [-0.4, -0.2) is 28.9 Å². The van der Waals surface area contributed by atoms with Crippen LogP contribution < -0.4 is 10.6 Å². The average molecular weight is 231 g/mol. The molecule has 0 spiro atoms. The third-order valence-electron chi connectivity index (χ3n) is 2.50. The third kappa shape index (κ3) is 2.55. The summed E-state index contributed by atoms with van der Waals surface area (Å²) in [6.45, 7) is 2.72. The van der Waals surface area contributed by atoms with Crippen LogP contribution in [0, 0.1) is 6.92 Å². The SMILES string of the molecule is Cc1cccc(Cn2nc(N(C)C)nc2N)c1. The van der Waals surface area contributed by atoms with Crippen LogP contribution in [-0.2, 0) is 6.54 Å². The lowest BCUT2D eigenvalue weighted by Crippen LogP contribution is -2.11. The normalized spacial score (nSPS) is 10.5. The van der Waals surface area contributed by atoms with Crippen molar-refractivity contribution in [2.24, 2.45) is 0 Å². The number of nitrogen functional groups attached to an aromatic ring is 1. The van der Waals surface area contributed by atoms with Gasteiger partial charge < -0.3 is 10.6 Å². The lowest BCUT2D eigenvalue weighted by molar-refractivity contribution is 0.693. The molecule has 1 aromatic heterocycles. The van der Waals surface area contributed by atoms with Crippen molar-refractivity contribution in [2.45, 2.75) is 13.5 Å². The first-order chi connectivity index (χ1) is 8.06. The van der Waals surface area contributed by atoms with Gasteiger partial charge in [0.15, 0.2) is 0 Å². The smallest absolute Gasteiger partial charge is 0.246 e. The fourth-order valence-electron chi connectivity index (χ4n) is 1.63. The highest BCUT2D eigenvalue weighted by atomic mass is 15.4. The van der Waals surface area contributed by atoms with E-state index in [9.17, 15) is 0 Å². The molecule has 0 aliphatic rings. The maximum Gasteiger partial charge on any atom is 0.246 e. The summed E-state index contributed by atoms with van der Waals surface area (Å²) >= 11 is 0. The van der Waals surface area contributed by atoms with Gasteiger partial charge >= 0.3 is 0 Å². The van der Waals surface area contributed by atoms with Crippen molar-refractivity contribution in [1.29, 1.82) is 0 Å². The summed E-state index contributed by atoms with van der Waals surface area (Å²) in [5.74, 6) is 1.07. The van der Waals surface area contributed by atoms with Crippen molar-refractivity contribution < 1.29 is 0 Å². The summed E-state index contributed by atoms with van der Waals surface area (Å²) < 4.78 is 1.71. The molecule has 0 saturated heterocycles. The lowest BCUT2D eigenvalue weighted by atomic mass is 10.1. The van der Waals surface area contributed by atoms with Gasteiger partial charge in [-0.05, 0) is 12.5 Å². The Kier molecular flexibility index (Phi) is 2.99. The molecule has 0 amide bonds. The molecule has 2 N–H and O–H groups in total. The van der Waals surface area contributed by atoms with E-state index in [1.54, 1.807) is 4.68 Å². The molecule has 0 aliphatic carbocycles. The van der Waals surface area contributed by atoms with Gasteiger partial charge in [-0.2, -0.15) is 4.98 Å². The average Bonchev–Trinajstić information content (AvgIpc) is 2.61. The number of rotatable bonds is 3. The van der Waals surface area contributed by atoms with Crippen molar-refractivity contribution in [2.75, 3.05) is 24.7 Å². The predicted octanol–water partition coefficient (Wildman–Crippen LogP) is 1.28. The van der Waals surface area contributed by atoms with Crippen LogP contribution >= 0.6 is 0 Å². The molecule has 90 valence electrons. The van der Waals surface area contributed by atoms with E-state index in [1.165, 1.54) is 11.1 Å². The van der Waals surface area contributed by atoms with E-state index in [4.69, 9.17) is 5.73 Å². The number of benzene rings is 1. The van der Waals surface area contributed by atoms with Gasteiger partial charge in [-0.25, -0.2) is 4.68 Å². The molecule has 0 unspecified atom stereocenters. The Morgan fingerprint density at radius 1 is 1.35 bits per heavy atom. The van der Waals surface area contributed by atoms with Crippen LogP contribution in [0.3, 0.4) is 0 Å². The van der Waals surface area contributed by atoms with E-state index in [1.807, 2.05) is 25.1 Å². The van der Waals surface area contributed by atoms with Crippen molar-refractivity contribution in [3.63, 3.8) is 0 Å². The van der Waals surface area contributed by atoms with Gasteiger partial charge in [-0.3, -0.25) is 0 Å². The zero-order valence-corrected chi connectivity index (χ0v) is 10.4. The molecule has 0 radical (unpaired) electrons. The Labute approximate surface area is 101 Å². The zero-order chi connectivity index (χ0) is 12.4. The first kappa shape index (κ1) is 11.4. The van der Waals surface area contributed by atoms with E-state index < -0.39 is 0 Å². The fraction of sp³-hybridized carbons (Fsp3) is 0.333. The number of aromatic nitrogens is 3. The lowest BCUT2D eigenvalue weighted by Gasteiger charge is -2.05. The second kappa shape index (κ2) is 4.45. The minimum Gasteiger partial charge on any atom is -0.368 e. The highest BCUT2D eigenvalue weighted by molar-refractivity contribution is 5.34. The first-order valence-corrected chi connectivity index (χ1v) is 5.49. The molecule has 0 fully saturated rings. The third-order valence-corrected chi connectivity index (χ3v) is 2.50. The van der Waals surface area contributed by atoms with E-state index in [0.29, 0.717) is 18.4 Å². The molecule has 0 bridgehead atoms. The molecule has 2 aromatic rings. The first-order valence-electron chi connectivity index (χ1n) is 5.49. The number of hydrogen-bond acceptors (Lipinski definition) is 4. The summed E-state index contributed by atoms with van der Waals surface area (Å²) in [5, 5.41) is 4.34. The van der Waals surface area contributed by atoms with Gasteiger partial charge in [0.05, 0.1) is 6.54 Å². The topological polar surface area (TPSA) is 60.0 Å². The molecule has 2 rings (SSSR count). The number of hydrogen-bond donors (Lipinski definition) is 1. The van der Waals surface area contributed by atoms with Gasteiger partial charge in [-0.15, -0.1) is 5.10 Å². The quantitative estimate of drug-likeness (QED) is 0.864. The van der Waals surface area contributed by atoms with Gasteiger partial charge in [-0.1, -0.05) is 29.8 Å². The monoisotopic (exact) mass is 231 g/mol. The van der Waals surface area contributed by atoms with Crippen molar-refractivity contribution in [1.82, 2.24) is 14.8 Å². The van der Waals surface area contributed by atoms with Crippen molar-refractivity contribution in [3.05, 3.63) is 35.4 Å². The Morgan fingerprint density at radius 3 is 2.71 bits per heavy atom. The molecule has 5 heteroatoms. The minimum absolute atomic E-state index is 0.440. The maximum atomic E-state index is 5.83. The highest BCUT2D eigenvalue weighted by Gasteiger charge is 2.08. The highest BCUT2D eigenvalue weighted by Crippen LogP contribution is 2.11.